The van der Waals surface area contributed by atoms with Gasteiger partial charge in [0, 0.05) is 10.6 Å². The molecule has 1 aliphatic rings. The van der Waals surface area contributed by atoms with E-state index in [1.165, 1.54) is 0 Å². The molecule has 19 heavy (non-hydrogen) atoms. The highest BCUT2D eigenvalue weighted by Crippen LogP contribution is 2.36. The van der Waals surface area contributed by atoms with Crippen molar-refractivity contribution in [1.82, 2.24) is 10.1 Å². The van der Waals surface area contributed by atoms with Crippen LogP contribution in [0.25, 0.3) is 11.4 Å². The van der Waals surface area contributed by atoms with Crippen LogP contribution in [0.4, 0.5) is 0 Å². The van der Waals surface area contributed by atoms with Gasteiger partial charge in [-0.15, -0.1) is 12.4 Å². The van der Waals surface area contributed by atoms with Crippen LogP contribution in [-0.2, 0) is 5.54 Å². The predicted molar refractivity (Wildman–Crippen MR) is 76.3 cm³/mol. The molecule has 1 saturated carbocycles. The summed E-state index contributed by atoms with van der Waals surface area (Å²) in [4.78, 5) is 4.41. The van der Waals surface area contributed by atoms with Gasteiger partial charge in [0.05, 0.1) is 5.54 Å². The summed E-state index contributed by atoms with van der Waals surface area (Å²) in [6.45, 7) is 0. The third-order valence-corrected chi connectivity index (χ3v) is 3.67. The second-order valence-corrected chi connectivity index (χ2v) is 5.23. The summed E-state index contributed by atoms with van der Waals surface area (Å²) in [6, 6.07) is 7.39. The number of hydrogen-bond donors (Lipinski definition) is 1. The predicted octanol–water partition coefficient (Wildman–Crippen LogP) is 3.54. The lowest BCUT2D eigenvalue weighted by atomic mass is 9.99. The van der Waals surface area contributed by atoms with E-state index in [9.17, 15) is 0 Å². The van der Waals surface area contributed by atoms with Gasteiger partial charge in [0.15, 0.2) is 0 Å². The quantitative estimate of drug-likeness (QED) is 0.921. The monoisotopic (exact) mass is 299 g/mol. The molecule has 0 spiro atoms. The van der Waals surface area contributed by atoms with E-state index in [1.807, 2.05) is 24.3 Å². The van der Waals surface area contributed by atoms with Gasteiger partial charge in [0.1, 0.15) is 0 Å². The van der Waals surface area contributed by atoms with Crippen LogP contribution in [0.3, 0.4) is 0 Å². The summed E-state index contributed by atoms with van der Waals surface area (Å²) in [7, 11) is 0. The average molecular weight is 300 g/mol. The normalized spacial score (nSPS) is 17.2. The number of nitrogens with two attached hydrogens (primary N) is 1. The fraction of sp³-hybridized carbons (Fsp3) is 0.385. The molecular formula is C13H15Cl2N3O. The van der Waals surface area contributed by atoms with E-state index in [-0.39, 0.29) is 12.4 Å². The molecule has 0 atom stereocenters. The Morgan fingerprint density at radius 3 is 2.68 bits per heavy atom. The molecule has 1 aromatic carbocycles. The summed E-state index contributed by atoms with van der Waals surface area (Å²) in [5, 5.41) is 4.65. The molecule has 6 heteroatoms. The fourth-order valence-electron chi connectivity index (χ4n) is 2.39. The second-order valence-electron chi connectivity index (χ2n) is 4.80. The largest absolute Gasteiger partial charge is 0.337 e. The van der Waals surface area contributed by atoms with Gasteiger partial charge in [-0.2, -0.15) is 4.98 Å². The van der Waals surface area contributed by atoms with Gasteiger partial charge >= 0.3 is 0 Å². The van der Waals surface area contributed by atoms with Crippen molar-refractivity contribution >= 4 is 24.0 Å². The second kappa shape index (κ2) is 5.49. The third kappa shape index (κ3) is 2.76. The molecule has 4 nitrogen and oxygen atoms in total. The molecule has 0 unspecified atom stereocenters. The summed E-state index contributed by atoms with van der Waals surface area (Å²) in [6.07, 6.45) is 4.05. The van der Waals surface area contributed by atoms with Crippen LogP contribution >= 0.6 is 24.0 Å². The zero-order valence-corrected chi connectivity index (χ0v) is 11.9. The number of nitrogens with zero attached hydrogens (tertiary/aromatic N) is 2. The Hall–Kier alpha value is -1.10. The zero-order chi connectivity index (χ0) is 12.6. The van der Waals surface area contributed by atoms with Crippen LogP contribution < -0.4 is 5.73 Å². The van der Waals surface area contributed by atoms with Crippen molar-refractivity contribution in [3.05, 3.63) is 35.2 Å². The van der Waals surface area contributed by atoms with E-state index in [4.69, 9.17) is 21.9 Å². The third-order valence-electron chi connectivity index (χ3n) is 3.43. The highest BCUT2D eigenvalue weighted by atomic mass is 35.5. The first kappa shape index (κ1) is 14.3. The van der Waals surface area contributed by atoms with Crippen molar-refractivity contribution in [3.8, 4) is 11.4 Å². The van der Waals surface area contributed by atoms with Crippen LogP contribution in [-0.4, -0.2) is 10.1 Å². The van der Waals surface area contributed by atoms with Crippen molar-refractivity contribution in [2.45, 2.75) is 31.2 Å². The van der Waals surface area contributed by atoms with Gasteiger partial charge in [-0.05, 0) is 25.0 Å². The minimum atomic E-state index is -0.441. The molecule has 102 valence electrons. The maximum absolute atomic E-state index is 6.28. The summed E-state index contributed by atoms with van der Waals surface area (Å²) < 4.78 is 5.32. The van der Waals surface area contributed by atoms with Crippen molar-refractivity contribution in [2.24, 2.45) is 5.73 Å². The lowest BCUT2D eigenvalue weighted by molar-refractivity contribution is 0.285. The number of aromatic nitrogens is 2. The first-order valence-corrected chi connectivity index (χ1v) is 6.44. The lowest BCUT2D eigenvalue weighted by Crippen LogP contribution is -2.33. The van der Waals surface area contributed by atoms with E-state index < -0.39 is 5.54 Å². The molecule has 1 aliphatic carbocycles. The van der Waals surface area contributed by atoms with E-state index in [0.29, 0.717) is 16.7 Å². The van der Waals surface area contributed by atoms with Gasteiger partial charge in [0.2, 0.25) is 11.7 Å². The minimum Gasteiger partial charge on any atom is -0.337 e. The number of rotatable bonds is 2. The van der Waals surface area contributed by atoms with Gasteiger partial charge in [-0.1, -0.05) is 41.7 Å². The molecule has 0 saturated heterocycles. The Bertz CT molecular complexity index is 565. The van der Waals surface area contributed by atoms with Crippen molar-refractivity contribution in [1.29, 1.82) is 0 Å². The maximum atomic E-state index is 6.28. The highest BCUT2D eigenvalue weighted by Gasteiger charge is 2.36. The van der Waals surface area contributed by atoms with Crippen LogP contribution in [0.2, 0.25) is 5.02 Å². The van der Waals surface area contributed by atoms with Gasteiger partial charge in [0.25, 0.3) is 0 Å². The SMILES string of the molecule is Cl.NC1(c2nc(-c3cccc(Cl)c3)no2)CCCC1. The lowest BCUT2D eigenvalue weighted by Gasteiger charge is -2.17. The summed E-state index contributed by atoms with van der Waals surface area (Å²) in [5.41, 5.74) is 6.69. The summed E-state index contributed by atoms with van der Waals surface area (Å²) >= 11 is 5.95. The minimum absolute atomic E-state index is 0. The maximum Gasteiger partial charge on any atom is 0.247 e. The molecule has 2 aromatic rings. The molecule has 0 amide bonds. The van der Waals surface area contributed by atoms with Crippen LogP contribution in [0.1, 0.15) is 31.6 Å². The van der Waals surface area contributed by atoms with Crippen molar-refractivity contribution < 1.29 is 4.52 Å². The Morgan fingerprint density at radius 1 is 1.26 bits per heavy atom. The topological polar surface area (TPSA) is 64.9 Å². The van der Waals surface area contributed by atoms with Crippen LogP contribution in [0.5, 0.6) is 0 Å². The van der Waals surface area contributed by atoms with Gasteiger partial charge in [-0.3, -0.25) is 0 Å². The standard InChI is InChI=1S/C13H14ClN3O.ClH/c14-10-5-3-4-9(8-10)11-16-12(18-17-11)13(15)6-1-2-7-13;/h3-5,8H,1-2,6-7,15H2;1H. The van der Waals surface area contributed by atoms with Crippen molar-refractivity contribution in [3.63, 3.8) is 0 Å². The molecule has 2 N–H and O–H groups in total. The van der Waals surface area contributed by atoms with Crippen LogP contribution in [0, 0.1) is 0 Å². The molecule has 3 rings (SSSR count). The number of benzene rings is 1. The Balaban J connectivity index is 0.00000133. The highest BCUT2D eigenvalue weighted by molar-refractivity contribution is 6.30. The molecule has 0 bridgehead atoms. The Labute approximate surface area is 122 Å². The van der Waals surface area contributed by atoms with Gasteiger partial charge in [-0.25, -0.2) is 0 Å². The number of hydrogen-bond acceptors (Lipinski definition) is 4. The number of halogens is 2. The van der Waals surface area contributed by atoms with Gasteiger partial charge < -0.3 is 10.3 Å². The average Bonchev–Trinajstić information content (AvgIpc) is 2.98. The van der Waals surface area contributed by atoms with E-state index in [2.05, 4.69) is 10.1 Å². The Kier molecular flexibility index (Phi) is 4.13. The molecule has 0 aliphatic heterocycles. The van der Waals surface area contributed by atoms with E-state index >= 15 is 0 Å². The fourth-order valence-corrected chi connectivity index (χ4v) is 2.58. The first-order chi connectivity index (χ1) is 8.67. The van der Waals surface area contributed by atoms with Crippen molar-refractivity contribution in [2.75, 3.05) is 0 Å². The zero-order valence-electron chi connectivity index (χ0n) is 10.3. The molecule has 1 fully saturated rings. The first-order valence-electron chi connectivity index (χ1n) is 6.06. The smallest absolute Gasteiger partial charge is 0.247 e. The summed E-state index contributed by atoms with van der Waals surface area (Å²) in [5.74, 6) is 1.08. The van der Waals surface area contributed by atoms with E-state index in [0.717, 1.165) is 31.2 Å². The Morgan fingerprint density at radius 2 is 2.00 bits per heavy atom. The molecule has 0 radical (unpaired) electrons. The van der Waals surface area contributed by atoms with E-state index in [1.54, 1.807) is 0 Å². The molecule has 1 aromatic heterocycles. The molecular weight excluding hydrogens is 285 g/mol. The van der Waals surface area contributed by atoms with Crippen LogP contribution in [0.15, 0.2) is 28.8 Å². The molecule has 1 heterocycles.